The van der Waals surface area contributed by atoms with Gasteiger partial charge in [0.05, 0.1) is 9.67 Å². The molecule has 0 saturated heterocycles. The van der Waals surface area contributed by atoms with Gasteiger partial charge in [-0.2, -0.15) is 0 Å². The zero-order valence-corrected chi connectivity index (χ0v) is 32.5. The summed E-state index contributed by atoms with van der Waals surface area (Å²) in [7, 11) is 0. The van der Waals surface area contributed by atoms with Gasteiger partial charge in [0.1, 0.15) is 29.1 Å². The number of hydrogen-bond acceptors (Lipinski definition) is 9. The summed E-state index contributed by atoms with van der Waals surface area (Å²) in [5.74, 6) is -1.50. The quantitative estimate of drug-likeness (QED) is 0.0289. The molecule has 55 heavy (non-hydrogen) atoms. The number of carbonyl (C=O) groups excluding carboxylic acids is 3. The highest BCUT2D eigenvalue weighted by Crippen LogP contribution is 2.48. The minimum Gasteiger partial charge on any atom is -0.459 e. The smallest absolute Gasteiger partial charge is 0.325 e. The van der Waals surface area contributed by atoms with Gasteiger partial charge in [0.2, 0.25) is 11.8 Å². The van der Waals surface area contributed by atoms with Crippen LogP contribution in [0.1, 0.15) is 43.0 Å². The largest absolute Gasteiger partial charge is 0.459 e. The van der Waals surface area contributed by atoms with Crippen molar-refractivity contribution in [3.63, 3.8) is 0 Å². The van der Waals surface area contributed by atoms with Crippen LogP contribution in [0.4, 0.5) is 5.69 Å². The van der Waals surface area contributed by atoms with Crippen molar-refractivity contribution < 1.29 is 24.0 Å². The Morgan fingerprint density at radius 1 is 0.691 bits per heavy atom. The van der Waals surface area contributed by atoms with Crippen LogP contribution >= 0.6 is 23.7 Å². The van der Waals surface area contributed by atoms with Crippen molar-refractivity contribution in [2.75, 3.05) is 12.3 Å². The van der Waals surface area contributed by atoms with Gasteiger partial charge in [-0.3, -0.25) is 24.5 Å². The third-order valence-corrected chi connectivity index (χ3v) is 11.0. The predicted molar refractivity (Wildman–Crippen MR) is 218 cm³/mol. The monoisotopic (exact) mass is 776 g/mol. The summed E-state index contributed by atoms with van der Waals surface area (Å²) in [6, 6.07) is 43.6. The molecule has 0 saturated carbocycles. The summed E-state index contributed by atoms with van der Waals surface area (Å²) in [6.07, 6.45) is 0.145. The Hall–Kier alpha value is -5.43. The molecule has 5 aromatic rings. The third kappa shape index (κ3) is 11.3. The number of nitro benzene ring substituents is 1. The van der Waals surface area contributed by atoms with E-state index in [4.69, 9.17) is 4.74 Å². The SMILES string of the molecule is CC(C)(C)OC(=O)CNC(=O)C(Cc1ccccc1)NC(=O)C(CSC(c1ccccc1)(c1ccccc1)c1ccccc1)NSc1ccccc1[N+](=O)[O-]. The fourth-order valence-corrected chi connectivity index (χ4v) is 8.48. The van der Waals surface area contributed by atoms with Gasteiger partial charge >= 0.3 is 5.97 Å². The van der Waals surface area contributed by atoms with E-state index in [0.29, 0.717) is 4.90 Å². The molecule has 0 aliphatic rings. The number of hydrogen-bond donors (Lipinski definition) is 3. The van der Waals surface area contributed by atoms with Crippen LogP contribution in [-0.2, 0) is 30.3 Å². The molecule has 0 spiro atoms. The van der Waals surface area contributed by atoms with Crippen LogP contribution in [0.3, 0.4) is 0 Å². The van der Waals surface area contributed by atoms with E-state index >= 15 is 0 Å². The number of nitrogens with zero attached hydrogens (tertiary/aromatic N) is 1. The van der Waals surface area contributed by atoms with Crippen molar-refractivity contribution in [1.82, 2.24) is 15.4 Å². The second-order valence-corrected chi connectivity index (χ2v) is 15.8. The fraction of sp³-hybridized carbons (Fsp3) is 0.233. The summed E-state index contributed by atoms with van der Waals surface area (Å²) in [5.41, 5.74) is 2.92. The molecule has 2 atom stereocenters. The molecule has 2 amide bonds. The van der Waals surface area contributed by atoms with Crippen molar-refractivity contribution in [2.45, 2.75) is 54.5 Å². The minimum absolute atomic E-state index is 0.109. The molecule has 284 valence electrons. The van der Waals surface area contributed by atoms with E-state index in [-0.39, 0.29) is 24.4 Å². The second-order valence-electron chi connectivity index (χ2n) is 13.6. The second kappa shape index (κ2) is 19.2. The van der Waals surface area contributed by atoms with Crippen LogP contribution in [0.25, 0.3) is 0 Å². The molecule has 10 nitrogen and oxygen atoms in total. The van der Waals surface area contributed by atoms with E-state index in [1.807, 2.05) is 84.9 Å². The lowest BCUT2D eigenvalue weighted by Crippen LogP contribution is -2.54. The Balaban J connectivity index is 1.50. The summed E-state index contributed by atoms with van der Waals surface area (Å²) < 4.78 is 7.81. The summed E-state index contributed by atoms with van der Waals surface area (Å²) in [6.45, 7) is 4.83. The van der Waals surface area contributed by atoms with Gasteiger partial charge in [0.15, 0.2) is 0 Å². The average Bonchev–Trinajstić information content (AvgIpc) is 3.19. The van der Waals surface area contributed by atoms with Gasteiger partial charge in [0, 0.05) is 18.2 Å². The minimum atomic E-state index is -1.06. The molecular formula is C43H44N4O6S2. The van der Waals surface area contributed by atoms with E-state index in [9.17, 15) is 24.5 Å². The van der Waals surface area contributed by atoms with Crippen molar-refractivity contribution >= 4 is 47.2 Å². The highest BCUT2D eigenvalue weighted by atomic mass is 32.2. The molecule has 12 heteroatoms. The molecule has 5 aromatic carbocycles. The fourth-order valence-electron chi connectivity index (χ4n) is 5.96. The highest BCUT2D eigenvalue weighted by Gasteiger charge is 2.39. The number of nitrogens with one attached hydrogen (secondary N) is 3. The standard InChI is InChI=1S/C43H44N4O6S2/c1-42(2,3)53-39(48)29-44-40(49)35(28-31-18-8-4-9-19-31)45-41(50)36(46-55-38-27-17-16-26-37(38)47(51)52)30-54-43(32-20-10-5-11-21-32,33-22-12-6-13-23-33)34-24-14-7-15-25-34/h4-27,35-36,46H,28-30H2,1-3H3,(H,44,49)(H,45,50). The zero-order chi connectivity index (χ0) is 39.3. The molecule has 3 N–H and O–H groups in total. The van der Waals surface area contributed by atoms with Gasteiger partial charge in [0.25, 0.3) is 5.69 Å². The van der Waals surface area contributed by atoms with Gasteiger partial charge in [-0.15, -0.1) is 11.8 Å². The number of carbonyl (C=O) groups is 3. The van der Waals surface area contributed by atoms with Gasteiger partial charge < -0.3 is 15.4 Å². The van der Waals surface area contributed by atoms with Crippen molar-refractivity contribution in [3.05, 3.63) is 178 Å². The molecule has 0 aromatic heterocycles. The van der Waals surface area contributed by atoms with E-state index < -0.39 is 45.1 Å². The molecular weight excluding hydrogens is 733 g/mol. The number of para-hydroxylation sites is 1. The van der Waals surface area contributed by atoms with E-state index in [0.717, 1.165) is 34.2 Å². The molecule has 5 rings (SSSR count). The first-order chi connectivity index (χ1) is 26.5. The summed E-state index contributed by atoms with van der Waals surface area (Å²) in [4.78, 5) is 52.5. The number of esters is 1. The summed E-state index contributed by atoms with van der Waals surface area (Å²) in [5, 5.41) is 17.5. The first kappa shape index (κ1) is 40.7. The Kier molecular flexibility index (Phi) is 14.3. The van der Waals surface area contributed by atoms with E-state index in [1.54, 1.807) is 39.0 Å². The molecule has 0 heterocycles. The maximum Gasteiger partial charge on any atom is 0.325 e. The Morgan fingerprint density at radius 2 is 1.18 bits per heavy atom. The van der Waals surface area contributed by atoms with Gasteiger partial charge in [-0.05, 0) is 61.0 Å². The molecule has 0 aliphatic heterocycles. The number of benzene rings is 5. The molecule has 0 fully saturated rings. The van der Waals surface area contributed by atoms with Crippen molar-refractivity contribution in [1.29, 1.82) is 0 Å². The van der Waals surface area contributed by atoms with Crippen LogP contribution in [0, 0.1) is 10.1 Å². The van der Waals surface area contributed by atoms with Gasteiger partial charge in [-0.25, -0.2) is 4.72 Å². The van der Waals surface area contributed by atoms with Crippen LogP contribution in [0.5, 0.6) is 0 Å². The Bertz CT molecular complexity index is 1930. The number of rotatable bonds is 17. The Labute approximate surface area is 330 Å². The van der Waals surface area contributed by atoms with E-state index in [1.165, 1.54) is 17.8 Å². The number of ether oxygens (including phenoxy) is 1. The lowest BCUT2D eigenvalue weighted by molar-refractivity contribution is -0.387. The highest BCUT2D eigenvalue weighted by molar-refractivity contribution is 8.01. The Morgan fingerprint density at radius 3 is 1.69 bits per heavy atom. The normalized spacial score (nSPS) is 12.6. The van der Waals surface area contributed by atoms with Crippen LogP contribution in [-0.4, -0.2) is 52.7 Å². The molecule has 2 unspecified atom stereocenters. The van der Waals surface area contributed by atoms with Gasteiger partial charge in [-0.1, -0.05) is 133 Å². The predicted octanol–water partition coefficient (Wildman–Crippen LogP) is 7.47. The van der Waals surface area contributed by atoms with Crippen molar-refractivity contribution in [2.24, 2.45) is 0 Å². The first-order valence-corrected chi connectivity index (χ1v) is 19.6. The molecule has 0 radical (unpaired) electrons. The van der Waals surface area contributed by atoms with Crippen LogP contribution < -0.4 is 15.4 Å². The molecule has 0 aliphatic carbocycles. The number of thioether (sulfide) groups is 1. The van der Waals surface area contributed by atoms with Crippen LogP contribution in [0.2, 0.25) is 0 Å². The maximum atomic E-state index is 14.5. The first-order valence-electron chi connectivity index (χ1n) is 17.8. The van der Waals surface area contributed by atoms with Crippen LogP contribution in [0.15, 0.2) is 150 Å². The zero-order valence-electron chi connectivity index (χ0n) is 30.8. The molecule has 0 bridgehead atoms. The number of amides is 2. The lowest BCUT2D eigenvalue weighted by Gasteiger charge is -2.36. The third-order valence-electron chi connectivity index (χ3n) is 8.44. The van der Waals surface area contributed by atoms with Crippen molar-refractivity contribution in [3.8, 4) is 0 Å². The topological polar surface area (TPSA) is 140 Å². The summed E-state index contributed by atoms with van der Waals surface area (Å²) >= 11 is 2.52. The number of nitro groups is 1. The average molecular weight is 777 g/mol. The maximum absolute atomic E-state index is 14.5. The van der Waals surface area contributed by atoms with E-state index in [2.05, 4.69) is 51.8 Å². The lowest BCUT2D eigenvalue weighted by atomic mass is 9.84.